The summed E-state index contributed by atoms with van der Waals surface area (Å²) in [6.45, 7) is 3.95. The topological polar surface area (TPSA) is 58.6 Å². The maximum atomic E-state index is 12.2. The molecule has 1 heterocycles. The smallest absolute Gasteiger partial charge is 0.251 e. The molecule has 1 aromatic rings. The fourth-order valence-electron chi connectivity index (χ4n) is 2.01. The second-order valence-electron chi connectivity index (χ2n) is 4.68. The number of thiol groups is 1. The highest BCUT2D eigenvalue weighted by molar-refractivity contribution is 7.80. The largest absolute Gasteiger partial charge is 0.378 e. The van der Waals surface area contributed by atoms with Gasteiger partial charge in [0, 0.05) is 23.5 Å². The van der Waals surface area contributed by atoms with Crippen molar-refractivity contribution in [3.05, 3.63) is 29.8 Å². The van der Waals surface area contributed by atoms with Crippen molar-refractivity contribution in [3.63, 3.8) is 0 Å². The lowest BCUT2D eigenvalue weighted by atomic mass is 10.2. The van der Waals surface area contributed by atoms with Crippen molar-refractivity contribution < 1.29 is 14.3 Å². The van der Waals surface area contributed by atoms with Gasteiger partial charge in [-0.25, -0.2) is 0 Å². The Kier molecular flexibility index (Phi) is 5.03. The lowest BCUT2D eigenvalue weighted by molar-refractivity contribution is -0.136. The molecule has 6 heteroatoms. The third kappa shape index (κ3) is 3.74. The number of nitrogens with zero attached hydrogens (tertiary/aromatic N) is 1. The summed E-state index contributed by atoms with van der Waals surface area (Å²) in [6, 6.07) is 6.31. The number of carbonyl (C=O) groups excluding carboxylic acids is 2. The normalized spacial score (nSPS) is 16.6. The summed E-state index contributed by atoms with van der Waals surface area (Å²) >= 11 is 4.17. The first-order chi connectivity index (χ1) is 9.58. The minimum atomic E-state index is -0.545. The van der Waals surface area contributed by atoms with Gasteiger partial charge in [-0.2, -0.15) is 0 Å². The van der Waals surface area contributed by atoms with Gasteiger partial charge in [-0.15, -0.1) is 12.6 Å². The van der Waals surface area contributed by atoms with Gasteiger partial charge in [0.2, 0.25) is 5.91 Å². The molecule has 0 saturated carbocycles. The molecule has 1 atom stereocenters. The van der Waals surface area contributed by atoms with E-state index in [4.69, 9.17) is 4.74 Å². The number of ether oxygens (including phenoxy) is 1. The second kappa shape index (κ2) is 6.76. The monoisotopic (exact) mass is 294 g/mol. The summed E-state index contributed by atoms with van der Waals surface area (Å²) in [5.41, 5.74) is 0.518. The van der Waals surface area contributed by atoms with Crippen LogP contribution in [0, 0.1) is 0 Å². The molecule has 0 bridgehead atoms. The van der Waals surface area contributed by atoms with Crippen molar-refractivity contribution in [1.29, 1.82) is 0 Å². The molecule has 1 aliphatic rings. The fourth-order valence-corrected chi connectivity index (χ4v) is 2.16. The highest BCUT2D eigenvalue weighted by Gasteiger charge is 2.23. The van der Waals surface area contributed by atoms with Gasteiger partial charge in [0.05, 0.1) is 13.2 Å². The molecular weight excluding hydrogens is 276 g/mol. The highest BCUT2D eigenvalue weighted by atomic mass is 32.1. The Morgan fingerprint density at radius 3 is 2.45 bits per heavy atom. The van der Waals surface area contributed by atoms with Crippen LogP contribution in [-0.2, 0) is 9.53 Å². The first-order valence-electron chi connectivity index (χ1n) is 6.54. The van der Waals surface area contributed by atoms with Crippen molar-refractivity contribution in [2.75, 3.05) is 26.3 Å². The standard InChI is InChI=1S/C14H18N2O3S/c1-10(14(18)16-6-8-19-9-7-16)15-13(17)11-2-4-12(20)5-3-11/h2-5,10,20H,6-9H2,1H3,(H,15,17). The number of nitrogens with one attached hydrogen (secondary N) is 1. The molecular formula is C14H18N2O3S. The predicted molar refractivity (Wildman–Crippen MR) is 78.0 cm³/mol. The van der Waals surface area contributed by atoms with Crippen LogP contribution < -0.4 is 5.32 Å². The Balaban J connectivity index is 1.92. The molecule has 1 saturated heterocycles. The van der Waals surface area contributed by atoms with Crippen molar-refractivity contribution in [2.45, 2.75) is 17.9 Å². The number of benzene rings is 1. The molecule has 5 nitrogen and oxygen atoms in total. The molecule has 2 amide bonds. The van der Waals surface area contributed by atoms with Crippen molar-refractivity contribution in [3.8, 4) is 0 Å². The molecule has 108 valence electrons. The molecule has 2 rings (SSSR count). The van der Waals surface area contributed by atoms with Crippen LogP contribution in [0.1, 0.15) is 17.3 Å². The van der Waals surface area contributed by atoms with Crippen LogP contribution in [0.4, 0.5) is 0 Å². The Bertz CT molecular complexity index is 484. The maximum absolute atomic E-state index is 12.2. The van der Waals surface area contributed by atoms with Crippen LogP contribution in [0.5, 0.6) is 0 Å². The third-order valence-electron chi connectivity index (χ3n) is 3.17. The van der Waals surface area contributed by atoms with E-state index in [0.717, 1.165) is 4.90 Å². The lowest BCUT2D eigenvalue weighted by Crippen LogP contribution is -2.50. The molecule has 1 fully saturated rings. The van der Waals surface area contributed by atoms with Crippen LogP contribution >= 0.6 is 12.6 Å². The van der Waals surface area contributed by atoms with Crippen molar-refractivity contribution >= 4 is 24.4 Å². The van der Waals surface area contributed by atoms with Gasteiger partial charge in [0.1, 0.15) is 6.04 Å². The summed E-state index contributed by atoms with van der Waals surface area (Å²) in [5, 5.41) is 2.72. The van der Waals surface area contributed by atoms with E-state index < -0.39 is 6.04 Å². The molecule has 0 aromatic heterocycles. The van der Waals surface area contributed by atoms with E-state index in [0.29, 0.717) is 31.9 Å². The van der Waals surface area contributed by atoms with Crippen LogP contribution in [0.2, 0.25) is 0 Å². The lowest BCUT2D eigenvalue weighted by Gasteiger charge is -2.29. The van der Waals surface area contributed by atoms with E-state index in [1.165, 1.54) is 0 Å². The van der Waals surface area contributed by atoms with Crippen LogP contribution in [-0.4, -0.2) is 49.1 Å². The minimum absolute atomic E-state index is 0.0764. The fraction of sp³-hybridized carbons (Fsp3) is 0.429. The van der Waals surface area contributed by atoms with Gasteiger partial charge < -0.3 is 15.0 Å². The zero-order valence-electron chi connectivity index (χ0n) is 11.3. The summed E-state index contributed by atoms with van der Waals surface area (Å²) in [5.74, 6) is -0.333. The molecule has 20 heavy (non-hydrogen) atoms. The average molecular weight is 294 g/mol. The average Bonchev–Trinajstić information content (AvgIpc) is 2.48. The van der Waals surface area contributed by atoms with Gasteiger partial charge in [0.15, 0.2) is 0 Å². The Morgan fingerprint density at radius 1 is 1.25 bits per heavy atom. The zero-order valence-corrected chi connectivity index (χ0v) is 12.2. The van der Waals surface area contributed by atoms with E-state index in [1.807, 2.05) is 0 Å². The van der Waals surface area contributed by atoms with E-state index >= 15 is 0 Å². The van der Waals surface area contributed by atoms with E-state index in [2.05, 4.69) is 17.9 Å². The number of carbonyl (C=O) groups is 2. The van der Waals surface area contributed by atoms with Gasteiger partial charge in [0.25, 0.3) is 5.91 Å². The number of hydrogen-bond acceptors (Lipinski definition) is 4. The SMILES string of the molecule is CC(NC(=O)c1ccc(S)cc1)C(=O)N1CCOCC1. The molecule has 1 unspecified atom stereocenters. The van der Waals surface area contributed by atoms with E-state index in [-0.39, 0.29) is 11.8 Å². The van der Waals surface area contributed by atoms with Gasteiger partial charge in [-0.3, -0.25) is 9.59 Å². The number of rotatable bonds is 3. The first-order valence-corrected chi connectivity index (χ1v) is 6.99. The summed E-state index contributed by atoms with van der Waals surface area (Å²) in [4.78, 5) is 26.7. The van der Waals surface area contributed by atoms with Crippen molar-refractivity contribution in [1.82, 2.24) is 10.2 Å². The third-order valence-corrected chi connectivity index (χ3v) is 3.47. The Hall–Kier alpha value is -1.53. The van der Waals surface area contributed by atoms with Gasteiger partial charge in [-0.1, -0.05) is 0 Å². The Labute approximate surface area is 123 Å². The minimum Gasteiger partial charge on any atom is -0.378 e. The van der Waals surface area contributed by atoms with Crippen molar-refractivity contribution in [2.24, 2.45) is 0 Å². The number of amides is 2. The van der Waals surface area contributed by atoms with Gasteiger partial charge in [-0.05, 0) is 31.2 Å². The molecule has 1 aromatic carbocycles. The quantitative estimate of drug-likeness (QED) is 0.816. The first kappa shape index (κ1) is 14.9. The summed E-state index contributed by atoms with van der Waals surface area (Å²) in [6.07, 6.45) is 0. The molecule has 0 radical (unpaired) electrons. The summed E-state index contributed by atoms with van der Waals surface area (Å²) in [7, 11) is 0. The van der Waals surface area contributed by atoms with Crippen LogP contribution in [0.15, 0.2) is 29.2 Å². The Morgan fingerprint density at radius 2 is 1.85 bits per heavy atom. The second-order valence-corrected chi connectivity index (χ2v) is 5.20. The zero-order chi connectivity index (χ0) is 14.5. The maximum Gasteiger partial charge on any atom is 0.251 e. The summed E-state index contributed by atoms with van der Waals surface area (Å²) < 4.78 is 5.20. The van der Waals surface area contributed by atoms with Gasteiger partial charge >= 0.3 is 0 Å². The van der Waals surface area contributed by atoms with E-state index in [1.54, 1.807) is 36.1 Å². The highest BCUT2D eigenvalue weighted by Crippen LogP contribution is 2.08. The molecule has 1 N–H and O–H groups in total. The van der Waals surface area contributed by atoms with Crippen LogP contribution in [0.25, 0.3) is 0 Å². The molecule has 1 aliphatic heterocycles. The number of hydrogen-bond donors (Lipinski definition) is 2. The van der Waals surface area contributed by atoms with E-state index in [9.17, 15) is 9.59 Å². The molecule has 0 spiro atoms. The number of morpholine rings is 1. The molecule has 0 aliphatic carbocycles. The predicted octanol–water partition coefficient (Wildman–Crippen LogP) is 0.952. The van der Waals surface area contributed by atoms with Crippen LogP contribution in [0.3, 0.4) is 0 Å².